The number of ether oxygens (including phenoxy) is 1. The van der Waals surface area contributed by atoms with E-state index in [-0.39, 0.29) is 13.0 Å². The molecule has 8 nitrogen and oxygen atoms in total. The first kappa shape index (κ1) is 28.4. The third-order valence-corrected chi connectivity index (χ3v) is 7.21. The van der Waals surface area contributed by atoms with Gasteiger partial charge in [0.2, 0.25) is 10.0 Å². The van der Waals surface area contributed by atoms with Gasteiger partial charge in [0.15, 0.2) is 11.6 Å². The lowest BCUT2D eigenvalue weighted by Gasteiger charge is -2.38. The maximum atomic E-state index is 14.2. The van der Waals surface area contributed by atoms with E-state index in [4.69, 9.17) is 27.9 Å². The third-order valence-electron chi connectivity index (χ3n) is 5.90. The van der Waals surface area contributed by atoms with Crippen molar-refractivity contribution in [3.8, 4) is 0 Å². The largest absolute Gasteiger partial charge is 0.480 e. The Morgan fingerprint density at radius 1 is 1.14 bits per heavy atom. The van der Waals surface area contributed by atoms with Gasteiger partial charge in [-0.3, -0.25) is 9.59 Å². The van der Waals surface area contributed by atoms with E-state index in [0.29, 0.717) is 26.9 Å². The molecular formula is C25H30Cl2N2O6S. The molecule has 3 rings (SSSR count). The van der Waals surface area contributed by atoms with Crippen molar-refractivity contribution in [3.63, 3.8) is 0 Å². The van der Waals surface area contributed by atoms with Gasteiger partial charge < -0.3 is 14.7 Å². The fraction of sp³-hybridized carbons (Fsp3) is 0.440. The van der Waals surface area contributed by atoms with Gasteiger partial charge in [-0.05, 0) is 36.1 Å². The van der Waals surface area contributed by atoms with Crippen LogP contribution in [0.1, 0.15) is 51.3 Å². The number of nitrogens with one attached hydrogen (secondary N) is 1. The van der Waals surface area contributed by atoms with E-state index in [9.17, 15) is 23.1 Å². The number of halogens is 2. The average Bonchev–Trinajstić information content (AvgIpc) is 2.86. The summed E-state index contributed by atoms with van der Waals surface area (Å²) in [4.78, 5) is 28.3. The van der Waals surface area contributed by atoms with Crippen LogP contribution < -0.4 is 9.62 Å². The smallest absolute Gasteiger partial charge is 0.328 e. The number of carbonyl (C=O) groups is 2. The summed E-state index contributed by atoms with van der Waals surface area (Å²) in [5.41, 5.74) is -1.23. The minimum atomic E-state index is -4.07. The van der Waals surface area contributed by atoms with Gasteiger partial charge in [-0.25, -0.2) is 8.42 Å². The summed E-state index contributed by atoms with van der Waals surface area (Å²) in [6.07, 6.45) is -2.17. The van der Waals surface area contributed by atoms with Crippen molar-refractivity contribution in [2.75, 3.05) is 17.7 Å². The summed E-state index contributed by atoms with van der Waals surface area (Å²) in [5, 5.41) is 11.0. The number of sulfonamides is 1. The summed E-state index contributed by atoms with van der Waals surface area (Å²) >= 11 is 12.9. The van der Waals surface area contributed by atoms with Crippen LogP contribution in [0.5, 0.6) is 0 Å². The molecule has 2 N–H and O–H groups in total. The van der Waals surface area contributed by atoms with Gasteiger partial charge in [0.25, 0.3) is 5.91 Å². The molecule has 0 aromatic heterocycles. The fourth-order valence-electron chi connectivity index (χ4n) is 4.35. The first-order valence-electron chi connectivity index (χ1n) is 11.3. The van der Waals surface area contributed by atoms with Crippen LogP contribution in [0.15, 0.2) is 42.5 Å². The van der Waals surface area contributed by atoms with Gasteiger partial charge >= 0.3 is 5.97 Å². The first-order valence-corrected chi connectivity index (χ1v) is 14.0. The molecule has 1 heterocycles. The van der Waals surface area contributed by atoms with E-state index >= 15 is 0 Å². The second-order valence-electron chi connectivity index (χ2n) is 10.1. The zero-order chi connectivity index (χ0) is 27.1. The molecule has 3 atom stereocenters. The van der Waals surface area contributed by atoms with Crippen LogP contribution in [-0.2, 0) is 24.3 Å². The molecule has 1 aliphatic heterocycles. The Morgan fingerprint density at radius 3 is 2.31 bits per heavy atom. The molecule has 196 valence electrons. The molecule has 36 heavy (non-hydrogen) atoms. The quantitative estimate of drug-likeness (QED) is 0.513. The number of aliphatic carboxylic acids is 1. The number of anilines is 1. The Bertz CT molecular complexity index is 1280. The Labute approximate surface area is 221 Å². The molecule has 0 aliphatic carbocycles. The van der Waals surface area contributed by atoms with Crippen molar-refractivity contribution in [3.05, 3.63) is 63.6 Å². The zero-order valence-corrected chi connectivity index (χ0v) is 23.0. The van der Waals surface area contributed by atoms with Crippen LogP contribution in [0.4, 0.5) is 5.69 Å². The highest BCUT2D eigenvalue weighted by atomic mass is 35.5. The summed E-state index contributed by atoms with van der Waals surface area (Å²) in [5.74, 6) is -2.23. The SMILES string of the molecule is CCC(NS(C)(=O)=O)(C(=O)O)[C@@H]1O[C@@H](c2ccccc2Cl)c2cc(Cl)ccc2N(CC(C)(C)C)C1=O. The molecular weight excluding hydrogens is 527 g/mol. The molecule has 1 unspecified atom stereocenters. The number of carboxylic acid groups (broad SMARTS) is 1. The molecule has 0 radical (unpaired) electrons. The van der Waals surface area contributed by atoms with E-state index in [2.05, 4.69) is 4.72 Å². The Hall–Kier alpha value is -2.17. The lowest BCUT2D eigenvalue weighted by molar-refractivity contribution is -0.160. The van der Waals surface area contributed by atoms with Crippen LogP contribution in [-0.4, -0.2) is 49.8 Å². The lowest BCUT2D eigenvalue weighted by atomic mass is 9.88. The summed E-state index contributed by atoms with van der Waals surface area (Å²) in [6.45, 7) is 7.48. The minimum Gasteiger partial charge on any atom is -0.480 e. The summed E-state index contributed by atoms with van der Waals surface area (Å²) in [6, 6.07) is 11.8. The highest BCUT2D eigenvalue weighted by Crippen LogP contribution is 2.44. The number of benzene rings is 2. The molecule has 2 aromatic carbocycles. The van der Waals surface area contributed by atoms with Crippen molar-refractivity contribution < 1.29 is 27.9 Å². The van der Waals surface area contributed by atoms with E-state index in [1.54, 1.807) is 42.5 Å². The van der Waals surface area contributed by atoms with E-state index in [0.717, 1.165) is 6.26 Å². The Kier molecular flexibility index (Phi) is 8.13. The predicted octanol–water partition coefficient (Wildman–Crippen LogP) is 4.64. The van der Waals surface area contributed by atoms with Crippen LogP contribution in [0, 0.1) is 5.41 Å². The van der Waals surface area contributed by atoms with Gasteiger partial charge in [0.05, 0.1) is 6.26 Å². The number of hydrogen-bond acceptors (Lipinski definition) is 5. The Morgan fingerprint density at radius 2 is 1.78 bits per heavy atom. The van der Waals surface area contributed by atoms with Gasteiger partial charge in [-0.1, -0.05) is 69.1 Å². The van der Waals surface area contributed by atoms with Crippen molar-refractivity contribution in [2.24, 2.45) is 5.41 Å². The first-order chi connectivity index (χ1) is 16.6. The second kappa shape index (κ2) is 10.3. The number of amides is 1. The lowest BCUT2D eigenvalue weighted by Crippen LogP contribution is -2.66. The molecule has 11 heteroatoms. The third kappa shape index (κ3) is 5.86. The van der Waals surface area contributed by atoms with Crippen molar-refractivity contribution in [2.45, 2.75) is 51.9 Å². The number of carboxylic acids is 1. The molecule has 0 saturated carbocycles. The van der Waals surface area contributed by atoms with E-state index in [1.807, 2.05) is 20.8 Å². The molecule has 0 fully saturated rings. The molecule has 0 spiro atoms. The number of hydrogen-bond donors (Lipinski definition) is 2. The molecule has 1 aliphatic rings. The van der Waals surface area contributed by atoms with Crippen LogP contribution >= 0.6 is 23.2 Å². The maximum absolute atomic E-state index is 14.2. The summed E-state index contributed by atoms with van der Waals surface area (Å²) in [7, 11) is -4.07. The monoisotopic (exact) mass is 556 g/mol. The van der Waals surface area contributed by atoms with Crippen molar-refractivity contribution in [1.82, 2.24) is 4.72 Å². The highest BCUT2D eigenvalue weighted by molar-refractivity contribution is 7.88. The standard InChI is InChI=1S/C25H30Cl2N2O6S/c1-6-25(23(31)32,28-36(5,33)34)21-22(30)29(14-24(2,3)4)19-12-11-15(26)13-17(19)20(35-21)16-9-7-8-10-18(16)27/h7-13,20-21,28H,6,14H2,1-5H3,(H,31,32)/t20-,21+,25?/m0/s1. The molecule has 2 aromatic rings. The normalized spacial score (nSPS) is 20.4. The number of rotatable bonds is 7. The number of fused-ring (bicyclic) bond motifs is 1. The molecule has 0 saturated heterocycles. The zero-order valence-electron chi connectivity index (χ0n) is 20.7. The highest BCUT2D eigenvalue weighted by Gasteiger charge is 2.55. The van der Waals surface area contributed by atoms with Crippen molar-refractivity contribution in [1.29, 1.82) is 0 Å². The van der Waals surface area contributed by atoms with Gasteiger partial charge in [0, 0.05) is 33.4 Å². The van der Waals surface area contributed by atoms with Gasteiger partial charge in [-0.15, -0.1) is 0 Å². The molecule has 1 amide bonds. The number of carbonyl (C=O) groups excluding carboxylic acids is 1. The van der Waals surface area contributed by atoms with Gasteiger partial charge in [-0.2, -0.15) is 4.72 Å². The second-order valence-corrected chi connectivity index (χ2v) is 12.7. The topological polar surface area (TPSA) is 113 Å². The average molecular weight is 557 g/mol. The summed E-state index contributed by atoms with van der Waals surface area (Å²) < 4.78 is 33.2. The fourth-order valence-corrected chi connectivity index (χ4v) is 5.77. The number of nitrogens with zero attached hydrogens (tertiary/aromatic N) is 1. The maximum Gasteiger partial charge on any atom is 0.328 e. The van der Waals surface area contributed by atoms with E-state index < -0.39 is 45.1 Å². The predicted molar refractivity (Wildman–Crippen MR) is 140 cm³/mol. The molecule has 0 bridgehead atoms. The Balaban J connectivity index is 2.38. The van der Waals surface area contributed by atoms with Crippen molar-refractivity contribution >= 4 is 50.8 Å². The minimum absolute atomic E-state index is 0.202. The van der Waals surface area contributed by atoms with Crippen LogP contribution in [0.2, 0.25) is 10.0 Å². The van der Waals surface area contributed by atoms with Gasteiger partial charge in [0.1, 0.15) is 6.10 Å². The van der Waals surface area contributed by atoms with Crippen LogP contribution in [0.25, 0.3) is 0 Å². The van der Waals surface area contributed by atoms with Crippen LogP contribution in [0.3, 0.4) is 0 Å². The van der Waals surface area contributed by atoms with E-state index in [1.165, 1.54) is 11.8 Å².